The first-order chi connectivity index (χ1) is 9.67. The predicted molar refractivity (Wildman–Crippen MR) is 91.4 cm³/mol. The van der Waals surface area contributed by atoms with E-state index in [0.29, 0.717) is 6.04 Å². The molecular weight excluding hydrogens is 264 g/mol. The molecule has 2 unspecified atom stereocenters. The molecule has 1 heterocycles. The van der Waals surface area contributed by atoms with Gasteiger partial charge in [0.25, 0.3) is 0 Å². The second-order valence-corrected chi connectivity index (χ2v) is 7.02. The molecule has 0 amide bonds. The van der Waals surface area contributed by atoms with Gasteiger partial charge in [0.1, 0.15) is 0 Å². The summed E-state index contributed by atoms with van der Waals surface area (Å²) < 4.78 is 0. The molecule has 0 bridgehead atoms. The minimum absolute atomic E-state index is 0.632. The summed E-state index contributed by atoms with van der Waals surface area (Å²) in [6, 6.07) is 5.02. The van der Waals surface area contributed by atoms with E-state index in [4.69, 9.17) is 5.73 Å². The van der Waals surface area contributed by atoms with Gasteiger partial charge in [-0.3, -0.25) is 0 Å². The fourth-order valence-corrected chi connectivity index (χ4v) is 3.63. The molecular formula is C17H32N2S. The number of thiophene rings is 1. The second-order valence-electron chi connectivity index (χ2n) is 5.99. The van der Waals surface area contributed by atoms with Crippen molar-refractivity contribution in [2.45, 2.75) is 58.4 Å². The van der Waals surface area contributed by atoms with E-state index < -0.39 is 0 Å². The van der Waals surface area contributed by atoms with Crippen molar-refractivity contribution in [3.63, 3.8) is 0 Å². The Bertz CT molecular complexity index is 318. The van der Waals surface area contributed by atoms with E-state index in [1.54, 1.807) is 0 Å². The standard InChI is InChI=1S/C17H32N2S/c1-4-7-16(10-11-18)8-5-12-19(3)15(2)14-17-9-6-13-20-17/h6,9,13,15-16H,4-5,7-8,10-12,14,18H2,1-3H3. The van der Waals surface area contributed by atoms with Crippen LogP contribution in [0.4, 0.5) is 0 Å². The maximum absolute atomic E-state index is 5.71. The summed E-state index contributed by atoms with van der Waals surface area (Å²) in [5, 5.41) is 2.17. The minimum Gasteiger partial charge on any atom is -0.330 e. The van der Waals surface area contributed by atoms with E-state index in [1.165, 1.54) is 49.9 Å². The topological polar surface area (TPSA) is 29.3 Å². The number of hydrogen-bond acceptors (Lipinski definition) is 3. The monoisotopic (exact) mass is 296 g/mol. The molecule has 2 N–H and O–H groups in total. The predicted octanol–water partition coefficient (Wildman–Crippen LogP) is 4.16. The lowest BCUT2D eigenvalue weighted by Crippen LogP contribution is -2.31. The van der Waals surface area contributed by atoms with E-state index in [1.807, 2.05) is 11.3 Å². The van der Waals surface area contributed by atoms with Crippen LogP contribution in [0.1, 0.15) is 50.8 Å². The second kappa shape index (κ2) is 10.4. The molecule has 1 aromatic heterocycles. The molecule has 0 spiro atoms. The maximum Gasteiger partial charge on any atom is 0.0112 e. The lowest BCUT2D eigenvalue weighted by atomic mass is 9.94. The normalized spacial score (nSPS) is 14.7. The average molecular weight is 297 g/mol. The molecule has 0 aliphatic rings. The van der Waals surface area contributed by atoms with Crippen molar-refractivity contribution in [3.8, 4) is 0 Å². The summed E-state index contributed by atoms with van der Waals surface area (Å²) in [6.45, 7) is 6.66. The molecule has 0 fully saturated rings. The van der Waals surface area contributed by atoms with Crippen LogP contribution in [-0.2, 0) is 6.42 Å². The molecule has 0 aromatic carbocycles. The maximum atomic E-state index is 5.71. The van der Waals surface area contributed by atoms with Crippen molar-refractivity contribution in [3.05, 3.63) is 22.4 Å². The first-order valence-electron chi connectivity index (χ1n) is 8.10. The molecule has 3 heteroatoms. The summed E-state index contributed by atoms with van der Waals surface area (Å²) in [5.74, 6) is 0.839. The number of nitrogens with two attached hydrogens (primary N) is 1. The lowest BCUT2D eigenvalue weighted by molar-refractivity contribution is 0.242. The average Bonchev–Trinajstić information content (AvgIpc) is 2.92. The van der Waals surface area contributed by atoms with Gasteiger partial charge in [0.2, 0.25) is 0 Å². The number of likely N-dealkylation sites (N-methyl/N-ethyl adjacent to an activating group) is 1. The van der Waals surface area contributed by atoms with Crippen molar-refractivity contribution in [1.29, 1.82) is 0 Å². The van der Waals surface area contributed by atoms with Crippen molar-refractivity contribution in [1.82, 2.24) is 4.90 Å². The zero-order valence-corrected chi connectivity index (χ0v) is 14.3. The Morgan fingerprint density at radius 3 is 2.70 bits per heavy atom. The van der Waals surface area contributed by atoms with Crippen LogP contribution in [0.25, 0.3) is 0 Å². The quantitative estimate of drug-likeness (QED) is 0.664. The van der Waals surface area contributed by atoms with Crippen molar-refractivity contribution in [2.75, 3.05) is 20.1 Å². The van der Waals surface area contributed by atoms with E-state index in [0.717, 1.165) is 12.5 Å². The summed E-state index contributed by atoms with van der Waals surface area (Å²) in [5.41, 5.74) is 5.71. The van der Waals surface area contributed by atoms with Gasteiger partial charge in [-0.05, 0) is 70.1 Å². The highest BCUT2D eigenvalue weighted by Crippen LogP contribution is 2.18. The van der Waals surface area contributed by atoms with E-state index in [-0.39, 0.29) is 0 Å². The Hall–Kier alpha value is -0.380. The Kier molecular flexibility index (Phi) is 9.16. The molecule has 0 aliphatic heterocycles. The van der Waals surface area contributed by atoms with Crippen molar-refractivity contribution >= 4 is 11.3 Å². The zero-order valence-electron chi connectivity index (χ0n) is 13.5. The SMILES string of the molecule is CCCC(CCN)CCCN(C)C(C)Cc1cccs1. The van der Waals surface area contributed by atoms with Gasteiger partial charge in [-0.2, -0.15) is 0 Å². The van der Waals surface area contributed by atoms with Crippen LogP contribution in [0.15, 0.2) is 17.5 Å². The third kappa shape index (κ3) is 6.87. The van der Waals surface area contributed by atoms with Gasteiger partial charge in [0, 0.05) is 10.9 Å². The van der Waals surface area contributed by atoms with Gasteiger partial charge in [0.05, 0.1) is 0 Å². The largest absolute Gasteiger partial charge is 0.330 e. The van der Waals surface area contributed by atoms with Gasteiger partial charge in [-0.15, -0.1) is 11.3 Å². The fourth-order valence-electron chi connectivity index (χ4n) is 2.80. The number of rotatable bonds is 11. The van der Waals surface area contributed by atoms with Crippen LogP contribution in [0.3, 0.4) is 0 Å². The van der Waals surface area contributed by atoms with E-state index in [2.05, 4.69) is 43.3 Å². The van der Waals surface area contributed by atoms with Crippen molar-refractivity contribution < 1.29 is 0 Å². The molecule has 2 atom stereocenters. The molecule has 1 rings (SSSR count). The first-order valence-corrected chi connectivity index (χ1v) is 8.98. The molecule has 2 nitrogen and oxygen atoms in total. The Morgan fingerprint density at radius 1 is 1.30 bits per heavy atom. The van der Waals surface area contributed by atoms with Gasteiger partial charge in [-0.25, -0.2) is 0 Å². The van der Waals surface area contributed by atoms with E-state index in [9.17, 15) is 0 Å². The molecule has 0 radical (unpaired) electrons. The fraction of sp³-hybridized carbons (Fsp3) is 0.765. The van der Waals surface area contributed by atoms with Crippen LogP contribution >= 0.6 is 11.3 Å². The summed E-state index contributed by atoms with van der Waals surface area (Å²) in [6.07, 6.45) is 7.63. The molecule has 20 heavy (non-hydrogen) atoms. The minimum atomic E-state index is 0.632. The van der Waals surface area contributed by atoms with Crippen LogP contribution in [0, 0.1) is 5.92 Å². The van der Waals surface area contributed by atoms with Gasteiger partial charge in [0.15, 0.2) is 0 Å². The van der Waals surface area contributed by atoms with Gasteiger partial charge < -0.3 is 10.6 Å². The number of hydrogen-bond donors (Lipinski definition) is 1. The highest BCUT2D eigenvalue weighted by molar-refractivity contribution is 7.09. The molecule has 1 aromatic rings. The third-order valence-electron chi connectivity index (χ3n) is 4.22. The summed E-state index contributed by atoms with van der Waals surface area (Å²) >= 11 is 1.87. The molecule has 0 saturated heterocycles. The highest BCUT2D eigenvalue weighted by Gasteiger charge is 2.12. The molecule has 0 aliphatic carbocycles. The number of nitrogens with zero attached hydrogens (tertiary/aromatic N) is 1. The smallest absolute Gasteiger partial charge is 0.0112 e. The Labute approximate surface area is 129 Å². The van der Waals surface area contributed by atoms with Crippen LogP contribution in [-0.4, -0.2) is 31.1 Å². The molecule has 116 valence electrons. The summed E-state index contributed by atoms with van der Waals surface area (Å²) in [4.78, 5) is 4.00. The van der Waals surface area contributed by atoms with Gasteiger partial charge in [-0.1, -0.05) is 25.8 Å². The van der Waals surface area contributed by atoms with Gasteiger partial charge >= 0.3 is 0 Å². The molecule has 0 saturated carbocycles. The first kappa shape index (κ1) is 17.7. The van der Waals surface area contributed by atoms with E-state index >= 15 is 0 Å². The van der Waals surface area contributed by atoms with Crippen LogP contribution < -0.4 is 5.73 Å². The Morgan fingerprint density at radius 2 is 2.10 bits per heavy atom. The van der Waals surface area contributed by atoms with Crippen molar-refractivity contribution in [2.24, 2.45) is 11.7 Å². The summed E-state index contributed by atoms with van der Waals surface area (Å²) in [7, 11) is 2.26. The highest BCUT2D eigenvalue weighted by atomic mass is 32.1. The lowest BCUT2D eigenvalue weighted by Gasteiger charge is -2.25. The van der Waals surface area contributed by atoms with Crippen LogP contribution in [0.2, 0.25) is 0 Å². The third-order valence-corrected chi connectivity index (χ3v) is 5.12. The Balaban J connectivity index is 2.22. The van der Waals surface area contributed by atoms with Crippen LogP contribution in [0.5, 0.6) is 0 Å². The zero-order chi connectivity index (χ0) is 14.8.